The van der Waals surface area contributed by atoms with Crippen LogP contribution in [0.4, 0.5) is 0 Å². The Morgan fingerprint density at radius 1 is 1.22 bits per heavy atom. The van der Waals surface area contributed by atoms with Crippen molar-refractivity contribution in [3.8, 4) is 0 Å². The molecular weight excluding hydrogens is 112 g/mol. The normalized spacial score (nSPS) is 14.3. The number of hydrogen-bond donors (Lipinski definition) is 0. The minimum absolute atomic E-state index is 0.366. The van der Waals surface area contributed by atoms with Crippen molar-refractivity contribution in [3.05, 3.63) is 0 Å². The molecule has 0 aromatic heterocycles. The maximum Gasteiger partial charge on any atom is 0.0904 e. The Balaban J connectivity index is 3.31. The number of rotatable bonds is 4. The van der Waals surface area contributed by atoms with Gasteiger partial charge in [-0.25, -0.2) is 5.11 Å². The first-order valence-corrected chi connectivity index (χ1v) is 3.86. The molecule has 0 spiro atoms. The lowest BCUT2D eigenvalue weighted by Gasteiger charge is -2.11. The largest absolute Gasteiger partial charge is 0.233 e. The fourth-order valence-electron chi connectivity index (χ4n) is 1.09. The molecular formula is C8H17O. The summed E-state index contributed by atoms with van der Waals surface area (Å²) in [7, 11) is 0. The first-order chi connectivity index (χ1) is 4.20. The quantitative estimate of drug-likeness (QED) is 0.556. The molecule has 1 heteroatoms. The molecule has 0 saturated heterocycles. The van der Waals surface area contributed by atoms with E-state index in [2.05, 4.69) is 13.8 Å². The molecule has 0 saturated carbocycles. The highest BCUT2D eigenvalue weighted by Crippen LogP contribution is 2.14. The fourth-order valence-corrected chi connectivity index (χ4v) is 1.09. The van der Waals surface area contributed by atoms with E-state index in [0.29, 0.717) is 5.92 Å². The third-order valence-corrected chi connectivity index (χ3v) is 1.82. The van der Waals surface area contributed by atoms with Crippen molar-refractivity contribution < 1.29 is 5.11 Å². The molecule has 55 valence electrons. The van der Waals surface area contributed by atoms with Crippen molar-refractivity contribution in [2.75, 3.05) is 0 Å². The van der Waals surface area contributed by atoms with Crippen molar-refractivity contribution in [1.82, 2.24) is 0 Å². The maximum atomic E-state index is 10.7. The van der Waals surface area contributed by atoms with Crippen molar-refractivity contribution >= 4 is 0 Å². The summed E-state index contributed by atoms with van der Waals surface area (Å²) in [5, 5.41) is 10.7. The summed E-state index contributed by atoms with van der Waals surface area (Å²) < 4.78 is 0. The number of hydrogen-bond acceptors (Lipinski definition) is 0. The van der Waals surface area contributed by atoms with Gasteiger partial charge in [-0.1, -0.05) is 26.7 Å². The molecule has 0 aliphatic heterocycles. The predicted molar refractivity (Wildman–Crippen MR) is 38.8 cm³/mol. The van der Waals surface area contributed by atoms with Crippen LogP contribution in [-0.4, -0.2) is 6.10 Å². The Morgan fingerprint density at radius 3 is 1.78 bits per heavy atom. The van der Waals surface area contributed by atoms with Gasteiger partial charge in [0.2, 0.25) is 0 Å². The molecule has 0 aliphatic carbocycles. The van der Waals surface area contributed by atoms with Crippen LogP contribution in [0.25, 0.3) is 0 Å². The van der Waals surface area contributed by atoms with E-state index in [0.717, 1.165) is 19.3 Å². The van der Waals surface area contributed by atoms with Gasteiger partial charge in [0, 0.05) is 0 Å². The van der Waals surface area contributed by atoms with Crippen molar-refractivity contribution in [2.24, 2.45) is 5.92 Å². The zero-order chi connectivity index (χ0) is 7.28. The van der Waals surface area contributed by atoms with Gasteiger partial charge < -0.3 is 0 Å². The Hall–Kier alpha value is -0.0400. The minimum Gasteiger partial charge on any atom is -0.233 e. The van der Waals surface area contributed by atoms with E-state index in [1.165, 1.54) is 0 Å². The van der Waals surface area contributed by atoms with Gasteiger partial charge in [-0.2, -0.15) is 0 Å². The Bertz CT molecular complexity index is 55.6. The molecule has 1 radical (unpaired) electrons. The summed E-state index contributed by atoms with van der Waals surface area (Å²) in [5.41, 5.74) is 0. The molecule has 0 aliphatic rings. The van der Waals surface area contributed by atoms with Crippen molar-refractivity contribution in [1.29, 1.82) is 0 Å². The summed E-state index contributed by atoms with van der Waals surface area (Å²) >= 11 is 0. The van der Waals surface area contributed by atoms with E-state index in [1.807, 2.05) is 0 Å². The minimum atomic E-state index is -0.366. The van der Waals surface area contributed by atoms with Crippen molar-refractivity contribution in [2.45, 2.75) is 46.1 Å². The molecule has 1 unspecified atom stereocenters. The molecule has 1 nitrogen and oxygen atoms in total. The molecule has 0 amide bonds. The maximum absolute atomic E-state index is 10.7. The monoisotopic (exact) mass is 129 g/mol. The molecule has 1 atom stereocenters. The Labute approximate surface area is 58.1 Å². The topological polar surface area (TPSA) is 19.9 Å². The first kappa shape index (κ1) is 8.96. The zero-order valence-corrected chi connectivity index (χ0v) is 6.68. The molecule has 0 rings (SSSR count). The average Bonchev–Trinajstić information content (AvgIpc) is 1.82. The smallest absolute Gasteiger partial charge is 0.0904 e. The van der Waals surface area contributed by atoms with E-state index >= 15 is 0 Å². The van der Waals surface area contributed by atoms with Crippen LogP contribution in [0.3, 0.4) is 0 Å². The standard InChI is InChI=1S/C8H17O/c1-4-8(5-2)6-7(3)9/h7-8H,4-6H2,1-3H3. The van der Waals surface area contributed by atoms with Gasteiger partial charge in [0.1, 0.15) is 0 Å². The van der Waals surface area contributed by atoms with Crippen LogP contribution in [0.1, 0.15) is 40.0 Å². The Kier molecular flexibility index (Phi) is 4.78. The molecule has 9 heavy (non-hydrogen) atoms. The van der Waals surface area contributed by atoms with Gasteiger partial charge in [-0.05, 0) is 19.3 Å². The van der Waals surface area contributed by atoms with Crippen LogP contribution in [0, 0.1) is 5.92 Å². The van der Waals surface area contributed by atoms with Gasteiger partial charge in [0.15, 0.2) is 0 Å². The van der Waals surface area contributed by atoms with Crippen LogP contribution in [0.15, 0.2) is 0 Å². The molecule has 0 aromatic rings. The lowest BCUT2D eigenvalue weighted by Crippen LogP contribution is -2.06. The summed E-state index contributed by atoms with van der Waals surface area (Å²) in [4.78, 5) is 0. The molecule has 0 heterocycles. The SMILES string of the molecule is CCC(CC)CC(C)[O]. The third kappa shape index (κ3) is 4.46. The van der Waals surface area contributed by atoms with Gasteiger partial charge in [0.05, 0.1) is 6.10 Å². The van der Waals surface area contributed by atoms with Crippen LogP contribution in [0.2, 0.25) is 0 Å². The van der Waals surface area contributed by atoms with E-state index in [4.69, 9.17) is 0 Å². The Morgan fingerprint density at radius 2 is 1.67 bits per heavy atom. The van der Waals surface area contributed by atoms with E-state index in [-0.39, 0.29) is 6.10 Å². The lowest BCUT2D eigenvalue weighted by atomic mass is 9.97. The summed E-state index contributed by atoms with van der Waals surface area (Å²) in [6, 6.07) is 0. The highest BCUT2D eigenvalue weighted by molar-refractivity contribution is 4.57. The van der Waals surface area contributed by atoms with E-state index in [1.54, 1.807) is 6.92 Å². The van der Waals surface area contributed by atoms with Gasteiger partial charge in [-0.3, -0.25) is 0 Å². The van der Waals surface area contributed by atoms with Gasteiger partial charge in [0.25, 0.3) is 0 Å². The zero-order valence-electron chi connectivity index (χ0n) is 6.68. The van der Waals surface area contributed by atoms with Crippen molar-refractivity contribution in [3.63, 3.8) is 0 Å². The molecule has 0 fully saturated rings. The second kappa shape index (κ2) is 4.80. The van der Waals surface area contributed by atoms with Crippen LogP contribution >= 0.6 is 0 Å². The van der Waals surface area contributed by atoms with Crippen LogP contribution in [-0.2, 0) is 5.11 Å². The van der Waals surface area contributed by atoms with Crippen LogP contribution in [0.5, 0.6) is 0 Å². The fraction of sp³-hybridized carbons (Fsp3) is 1.00. The molecule has 0 aromatic carbocycles. The van der Waals surface area contributed by atoms with Gasteiger partial charge in [-0.15, -0.1) is 0 Å². The average molecular weight is 129 g/mol. The summed E-state index contributed by atoms with van der Waals surface area (Å²) in [5.74, 6) is 0.664. The lowest BCUT2D eigenvalue weighted by molar-refractivity contribution is 0.0801. The summed E-state index contributed by atoms with van der Waals surface area (Å²) in [6.07, 6.45) is 2.80. The second-order valence-corrected chi connectivity index (χ2v) is 2.73. The third-order valence-electron chi connectivity index (χ3n) is 1.82. The van der Waals surface area contributed by atoms with Crippen LogP contribution < -0.4 is 0 Å². The van der Waals surface area contributed by atoms with E-state index < -0.39 is 0 Å². The van der Waals surface area contributed by atoms with Gasteiger partial charge >= 0.3 is 0 Å². The molecule has 0 N–H and O–H groups in total. The second-order valence-electron chi connectivity index (χ2n) is 2.73. The predicted octanol–water partition coefficient (Wildman–Crippen LogP) is 2.63. The highest BCUT2D eigenvalue weighted by atomic mass is 16.3. The molecule has 0 bridgehead atoms. The summed E-state index contributed by atoms with van der Waals surface area (Å²) in [6.45, 7) is 6.05. The first-order valence-electron chi connectivity index (χ1n) is 3.86. The van der Waals surface area contributed by atoms with E-state index in [9.17, 15) is 5.11 Å². The highest BCUT2D eigenvalue weighted by Gasteiger charge is 2.06.